The summed E-state index contributed by atoms with van der Waals surface area (Å²) in [5.41, 5.74) is 4.91. The highest BCUT2D eigenvalue weighted by atomic mass is 16.5. The van der Waals surface area contributed by atoms with E-state index in [2.05, 4.69) is 41.9 Å². The maximum absolute atomic E-state index is 12.8. The lowest BCUT2D eigenvalue weighted by molar-refractivity contribution is -0.111. The number of anilines is 3. The normalized spacial score (nSPS) is 11.1. The van der Waals surface area contributed by atoms with Crippen LogP contribution in [0.3, 0.4) is 0 Å². The first-order valence-electron chi connectivity index (χ1n) is 13.3. The summed E-state index contributed by atoms with van der Waals surface area (Å²) in [6, 6.07) is 16.7. The molecule has 12 heteroatoms. The molecule has 0 aliphatic rings. The maximum atomic E-state index is 12.8. The second-order valence-electron chi connectivity index (χ2n) is 9.44. The van der Waals surface area contributed by atoms with Crippen LogP contribution in [0.4, 0.5) is 17.1 Å². The third-order valence-corrected chi connectivity index (χ3v) is 6.51. The highest BCUT2D eigenvalue weighted by Crippen LogP contribution is 2.37. The number of ether oxygens (including phenoxy) is 2. The standard InChI is InChI=1S/C31H25N9O3/c1-3-42-27-13-24-23(12-25(27)38-29(41)9-7-21-5-4-10-33-21)31(20(15-32)16-34-24)37-22-6-8-26(19(2)11-22)43-30-14-28-39-36-18-40(28)17-35-30/h4-14,16-18,33H,3H2,1-2H3,(H,34,37)(H,38,41). The van der Waals surface area contributed by atoms with Crippen molar-refractivity contribution in [3.05, 3.63) is 96.5 Å². The number of carbonyl (C=O) groups is 1. The minimum Gasteiger partial charge on any atom is -0.492 e. The molecule has 0 aliphatic carbocycles. The van der Waals surface area contributed by atoms with Crippen molar-refractivity contribution in [1.29, 1.82) is 5.26 Å². The van der Waals surface area contributed by atoms with Gasteiger partial charge in [-0.2, -0.15) is 5.26 Å². The number of carbonyl (C=O) groups excluding carboxylic acids is 1. The zero-order valence-electron chi connectivity index (χ0n) is 23.2. The quantitative estimate of drug-likeness (QED) is 0.183. The summed E-state index contributed by atoms with van der Waals surface area (Å²) in [5, 5.41) is 24.7. The lowest BCUT2D eigenvalue weighted by Crippen LogP contribution is -2.10. The van der Waals surface area contributed by atoms with Crippen molar-refractivity contribution >= 4 is 45.6 Å². The third kappa shape index (κ3) is 5.82. The van der Waals surface area contributed by atoms with Crippen molar-refractivity contribution in [3.8, 4) is 23.4 Å². The van der Waals surface area contributed by atoms with Crippen LogP contribution in [0, 0.1) is 18.3 Å². The Kier molecular flexibility index (Phi) is 7.35. The molecular formula is C31H25N9O3. The lowest BCUT2D eigenvalue weighted by atomic mass is 10.1. The lowest BCUT2D eigenvalue weighted by Gasteiger charge is -2.16. The topological polar surface area (TPSA) is 155 Å². The molecule has 0 fully saturated rings. The van der Waals surface area contributed by atoms with E-state index in [4.69, 9.17) is 9.47 Å². The number of nitriles is 1. The minimum atomic E-state index is -0.335. The molecule has 0 bridgehead atoms. The van der Waals surface area contributed by atoms with E-state index in [-0.39, 0.29) is 5.91 Å². The Labute approximate surface area is 245 Å². The molecule has 0 spiro atoms. The van der Waals surface area contributed by atoms with Crippen LogP contribution in [-0.4, -0.2) is 42.1 Å². The number of hydrogen-bond acceptors (Lipinski definition) is 9. The Balaban J connectivity index is 1.31. The highest BCUT2D eigenvalue weighted by Gasteiger charge is 2.16. The first kappa shape index (κ1) is 27.0. The molecule has 12 nitrogen and oxygen atoms in total. The summed E-state index contributed by atoms with van der Waals surface area (Å²) in [7, 11) is 0. The van der Waals surface area contributed by atoms with E-state index in [1.807, 2.05) is 44.2 Å². The smallest absolute Gasteiger partial charge is 0.248 e. The van der Waals surface area contributed by atoms with Crippen molar-refractivity contribution in [2.75, 3.05) is 17.2 Å². The molecule has 4 aromatic heterocycles. The molecule has 4 heterocycles. The summed E-state index contributed by atoms with van der Waals surface area (Å²) in [4.78, 5) is 24.6. The number of amides is 1. The van der Waals surface area contributed by atoms with Gasteiger partial charge in [-0.3, -0.25) is 14.2 Å². The highest BCUT2D eigenvalue weighted by molar-refractivity contribution is 6.06. The second kappa shape index (κ2) is 11.7. The van der Waals surface area contributed by atoms with Gasteiger partial charge < -0.3 is 25.1 Å². The van der Waals surface area contributed by atoms with Gasteiger partial charge >= 0.3 is 0 Å². The van der Waals surface area contributed by atoms with Gasteiger partial charge in [-0.05, 0) is 61.9 Å². The van der Waals surface area contributed by atoms with Crippen LogP contribution in [0.5, 0.6) is 17.4 Å². The van der Waals surface area contributed by atoms with Crippen LogP contribution in [0.2, 0.25) is 0 Å². The fourth-order valence-corrected chi connectivity index (χ4v) is 4.46. The zero-order valence-corrected chi connectivity index (χ0v) is 23.2. The number of fused-ring (bicyclic) bond motifs is 2. The van der Waals surface area contributed by atoms with E-state index < -0.39 is 0 Å². The Morgan fingerprint density at radius 2 is 2.05 bits per heavy atom. The molecule has 212 valence electrons. The largest absolute Gasteiger partial charge is 0.492 e. The fraction of sp³-hybridized carbons (Fsp3) is 0.0968. The molecule has 0 aliphatic heterocycles. The molecule has 6 rings (SSSR count). The Bertz CT molecular complexity index is 2020. The number of benzene rings is 2. The zero-order chi connectivity index (χ0) is 29.8. The van der Waals surface area contributed by atoms with E-state index in [0.717, 1.165) is 16.9 Å². The maximum Gasteiger partial charge on any atom is 0.248 e. The molecule has 2 aromatic carbocycles. The molecule has 0 saturated heterocycles. The van der Waals surface area contributed by atoms with Gasteiger partial charge in [0.05, 0.1) is 29.1 Å². The van der Waals surface area contributed by atoms with Crippen molar-refractivity contribution in [2.24, 2.45) is 0 Å². The Morgan fingerprint density at radius 3 is 2.84 bits per heavy atom. The van der Waals surface area contributed by atoms with Gasteiger partial charge in [0.2, 0.25) is 11.8 Å². The van der Waals surface area contributed by atoms with Gasteiger partial charge in [0.25, 0.3) is 0 Å². The number of H-pyrrole nitrogens is 1. The molecule has 0 radical (unpaired) electrons. The molecule has 0 unspecified atom stereocenters. The van der Waals surface area contributed by atoms with Crippen molar-refractivity contribution in [1.82, 2.24) is 29.5 Å². The predicted molar refractivity (Wildman–Crippen MR) is 161 cm³/mol. The van der Waals surface area contributed by atoms with E-state index in [1.54, 1.807) is 47.5 Å². The van der Waals surface area contributed by atoms with E-state index >= 15 is 0 Å². The summed E-state index contributed by atoms with van der Waals surface area (Å²) in [5.74, 6) is 1.13. The van der Waals surface area contributed by atoms with Gasteiger partial charge in [0.15, 0.2) is 5.65 Å². The van der Waals surface area contributed by atoms with Crippen LogP contribution in [0.1, 0.15) is 23.7 Å². The van der Waals surface area contributed by atoms with E-state index in [1.165, 1.54) is 12.3 Å². The predicted octanol–water partition coefficient (Wildman–Crippen LogP) is 5.77. The monoisotopic (exact) mass is 571 g/mol. The van der Waals surface area contributed by atoms with Crippen molar-refractivity contribution in [2.45, 2.75) is 13.8 Å². The molecule has 0 atom stereocenters. The SMILES string of the molecule is CCOc1cc2ncc(C#N)c(Nc3ccc(Oc4cc5nncn5cn4)c(C)c3)c2cc1NC(=O)C=Cc1ccc[nH]1. The first-order valence-corrected chi connectivity index (χ1v) is 13.3. The number of rotatable bonds is 9. The second-order valence-corrected chi connectivity index (χ2v) is 9.44. The van der Waals surface area contributed by atoms with E-state index in [9.17, 15) is 10.1 Å². The first-order chi connectivity index (χ1) is 21.0. The fourth-order valence-electron chi connectivity index (χ4n) is 4.46. The van der Waals surface area contributed by atoms with Crippen LogP contribution < -0.4 is 20.1 Å². The number of nitrogens with one attached hydrogen (secondary N) is 3. The molecule has 43 heavy (non-hydrogen) atoms. The third-order valence-electron chi connectivity index (χ3n) is 6.51. The number of aromatic nitrogens is 6. The van der Waals surface area contributed by atoms with Gasteiger partial charge in [-0.25, -0.2) is 4.98 Å². The van der Waals surface area contributed by atoms with Gasteiger partial charge in [-0.1, -0.05) is 0 Å². The molecule has 6 aromatic rings. The summed E-state index contributed by atoms with van der Waals surface area (Å²) >= 11 is 0. The van der Waals surface area contributed by atoms with Crippen molar-refractivity contribution in [3.63, 3.8) is 0 Å². The number of aryl methyl sites for hydroxylation is 1. The van der Waals surface area contributed by atoms with Gasteiger partial charge in [0.1, 0.15) is 30.2 Å². The van der Waals surface area contributed by atoms with Crippen molar-refractivity contribution < 1.29 is 14.3 Å². The average Bonchev–Trinajstić information content (AvgIpc) is 3.70. The summed E-state index contributed by atoms with van der Waals surface area (Å²) in [6.45, 7) is 4.16. The number of nitrogens with zero attached hydrogens (tertiary/aromatic N) is 6. The number of aromatic amines is 1. The summed E-state index contributed by atoms with van der Waals surface area (Å²) in [6.07, 6.45) is 9.54. The van der Waals surface area contributed by atoms with E-state index in [0.29, 0.717) is 57.5 Å². The Hall–Kier alpha value is -6.22. The summed E-state index contributed by atoms with van der Waals surface area (Å²) < 4.78 is 13.5. The average molecular weight is 572 g/mol. The number of pyridine rings is 1. The Morgan fingerprint density at radius 1 is 1.14 bits per heavy atom. The molecular weight excluding hydrogens is 546 g/mol. The van der Waals surface area contributed by atoms with Crippen LogP contribution in [0.25, 0.3) is 22.6 Å². The van der Waals surface area contributed by atoms with Gasteiger partial charge in [-0.15, -0.1) is 10.2 Å². The molecule has 1 amide bonds. The van der Waals surface area contributed by atoms with Crippen LogP contribution >= 0.6 is 0 Å². The molecule has 3 N–H and O–H groups in total. The number of hydrogen-bond donors (Lipinski definition) is 3. The van der Waals surface area contributed by atoms with Crippen LogP contribution in [0.15, 0.2) is 79.7 Å². The minimum absolute atomic E-state index is 0.335. The van der Waals surface area contributed by atoms with Crippen LogP contribution in [-0.2, 0) is 4.79 Å². The molecule has 0 saturated carbocycles. The van der Waals surface area contributed by atoms with Gasteiger partial charge in [0, 0.05) is 47.4 Å².